The van der Waals surface area contributed by atoms with E-state index in [4.69, 9.17) is 10.2 Å². The summed E-state index contributed by atoms with van der Waals surface area (Å²) in [4.78, 5) is 11.9. The molecule has 0 fully saturated rings. The predicted molar refractivity (Wildman–Crippen MR) is 79.2 cm³/mol. The van der Waals surface area contributed by atoms with Crippen LogP contribution in [0.1, 0.15) is 24.7 Å². The van der Waals surface area contributed by atoms with E-state index in [1.54, 1.807) is 6.26 Å². The fourth-order valence-electron chi connectivity index (χ4n) is 2.10. The van der Waals surface area contributed by atoms with Crippen LogP contribution in [0.4, 0.5) is 5.69 Å². The maximum absolute atomic E-state index is 11.9. The summed E-state index contributed by atoms with van der Waals surface area (Å²) in [7, 11) is 0. The molecule has 1 amide bonds. The van der Waals surface area contributed by atoms with E-state index in [2.05, 4.69) is 5.32 Å². The van der Waals surface area contributed by atoms with Crippen molar-refractivity contribution in [2.24, 2.45) is 0 Å². The molecule has 0 aliphatic heterocycles. The van der Waals surface area contributed by atoms with Crippen LogP contribution in [0, 0.1) is 0 Å². The van der Waals surface area contributed by atoms with E-state index in [-0.39, 0.29) is 11.9 Å². The van der Waals surface area contributed by atoms with Crippen LogP contribution in [-0.4, -0.2) is 11.9 Å². The Morgan fingerprint density at radius 3 is 2.90 bits per heavy atom. The zero-order valence-electron chi connectivity index (χ0n) is 11.6. The van der Waals surface area contributed by atoms with E-state index in [0.717, 1.165) is 24.2 Å². The molecule has 1 unspecified atom stereocenters. The third kappa shape index (κ3) is 4.46. The number of hydrogen-bond donors (Lipinski definition) is 2. The fraction of sp³-hybridized carbons (Fsp3) is 0.312. The highest BCUT2D eigenvalue weighted by atomic mass is 16.3. The molecule has 0 aliphatic carbocycles. The van der Waals surface area contributed by atoms with Crippen LogP contribution in [-0.2, 0) is 17.6 Å². The van der Waals surface area contributed by atoms with Crippen molar-refractivity contribution in [3.63, 3.8) is 0 Å². The Kier molecular flexibility index (Phi) is 4.82. The van der Waals surface area contributed by atoms with Crippen molar-refractivity contribution in [1.82, 2.24) is 5.32 Å². The minimum Gasteiger partial charge on any atom is -0.469 e. The Bertz CT molecular complexity index is 549. The van der Waals surface area contributed by atoms with E-state index in [1.807, 2.05) is 43.3 Å². The molecule has 4 heteroatoms. The van der Waals surface area contributed by atoms with Crippen LogP contribution in [0.3, 0.4) is 0 Å². The number of nitrogen functional groups attached to an aromatic ring is 1. The first-order chi connectivity index (χ1) is 9.63. The molecule has 2 rings (SSSR count). The number of amides is 1. The maximum Gasteiger partial charge on any atom is 0.224 e. The second-order valence-corrected chi connectivity index (χ2v) is 5.01. The molecular weight excluding hydrogens is 252 g/mol. The van der Waals surface area contributed by atoms with E-state index in [1.165, 1.54) is 0 Å². The summed E-state index contributed by atoms with van der Waals surface area (Å²) in [6.07, 6.45) is 3.71. The monoisotopic (exact) mass is 272 g/mol. The highest BCUT2D eigenvalue weighted by Gasteiger charge is 2.09. The lowest BCUT2D eigenvalue weighted by Gasteiger charge is -2.13. The first-order valence-electron chi connectivity index (χ1n) is 6.79. The highest BCUT2D eigenvalue weighted by Crippen LogP contribution is 2.08. The Morgan fingerprint density at radius 1 is 1.35 bits per heavy atom. The van der Waals surface area contributed by atoms with Gasteiger partial charge < -0.3 is 15.5 Å². The Labute approximate surface area is 119 Å². The summed E-state index contributed by atoms with van der Waals surface area (Å²) < 4.78 is 5.27. The van der Waals surface area contributed by atoms with Crippen LogP contribution in [0.5, 0.6) is 0 Å². The van der Waals surface area contributed by atoms with Crippen LogP contribution in [0.25, 0.3) is 0 Å². The third-order valence-corrected chi connectivity index (χ3v) is 3.13. The van der Waals surface area contributed by atoms with Crippen molar-refractivity contribution in [2.45, 2.75) is 32.2 Å². The molecule has 106 valence electrons. The van der Waals surface area contributed by atoms with Gasteiger partial charge in [0.05, 0.1) is 12.7 Å². The van der Waals surface area contributed by atoms with Crippen LogP contribution < -0.4 is 11.1 Å². The second-order valence-electron chi connectivity index (χ2n) is 5.01. The molecule has 3 N–H and O–H groups in total. The van der Waals surface area contributed by atoms with Gasteiger partial charge in [-0.25, -0.2) is 0 Å². The topological polar surface area (TPSA) is 68.3 Å². The van der Waals surface area contributed by atoms with Gasteiger partial charge in [-0.2, -0.15) is 0 Å². The molecule has 1 heterocycles. The van der Waals surface area contributed by atoms with Gasteiger partial charge in [0.25, 0.3) is 0 Å². The second kappa shape index (κ2) is 6.80. The van der Waals surface area contributed by atoms with E-state index in [9.17, 15) is 4.79 Å². The predicted octanol–water partition coefficient (Wildman–Crippen LogP) is 2.54. The minimum absolute atomic E-state index is 0.0162. The zero-order valence-corrected chi connectivity index (χ0v) is 11.6. The SMILES string of the molecule is CC(CCc1ccco1)NC(=O)Cc1cccc(N)c1. The van der Waals surface area contributed by atoms with Crippen molar-refractivity contribution in [2.75, 3.05) is 5.73 Å². The summed E-state index contributed by atoms with van der Waals surface area (Å²) in [5, 5.41) is 2.99. The van der Waals surface area contributed by atoms with Crippen molar-refractivity contribution in [3.8, 4) is 0 Å². The normalized spacial score (nSPS) is 12.1. The summed E-state index contributed by atoms with van der Waals surface area (Å²) >= 11 is 0. The standard InChI is InChI=1S/C16H20N2O2/c1-12(7-8-15-6-3-9-20-15)18-16(19)11-13-4-2-5-14(17)10-13/h2-6,9-10,12H,7-8,11,17H2,1H3,(H,18,19). The van der Waals surface area contributed by atoms with Crippen molar-refractivity contribution in [3.05, 3.63) is 54.0 Å². The number of furan rings is 1. The third-order valence-electron chi connectivity index (χ3n) is 3.13. The molecule has 0 bridgehead atoms. The van der Waals surface area contributed by atoms with Gasteiger partial charge in [-0.3, -0.25) is 4.79 Å². The minimum atomic E-state index is 0.0162. The lowest BCUT2D eigenvalue weighted by atomic mass is 10.1. The lowest BCUT2D eigenvalue weighted by Crippen LogP contribution is -2.34. The number of carbonyl (C=O) groups excluding carboxylic acids is 1. The van der Waals surface area contributed by atoms with Gasteiger partial charge in [0.2, 0.25) is 5.91 Å². The van der Waals surface area contributed by atoms with Gasteiger partial charge in [-0.1, -0.05) is 12.1 Å². The van der Waals surface area contributed by atoms with Crippen molar-refractivity contribution >= 4 is 11.6 Å². The fourth-order valence-corrected chi connectivity index (χ4v) is 2.10. The van der Waals surface area contributed by atoms with Crippen LogP contribution >= 0.6 is 0 Å². The molecule has 2 aromatic rings. The smallest absolute Gasteiger partial charge is 0.224 e. The highest BCUT2D eigenvalue weighted by molar-refractivity contribution is 5.79. The first-order valence-corrected chi connectivity index (χ1v) is 6.79. The summed E-state index contributed by atoms with van der Waals surface area (Å²) in [5.41, 5.74) is 7.31. The van der Waals surface area contributed by atoms with Gasteiger partial charge in [0.1, 0.15) is 5.76 Å². The molecular formula is C16H20N2O2. The number of carbonyl (C=O) groups is 1. The maximum atomic E-state index is 11.9. The summed E-state index contributed by atoms with van der Waals surface area (Å²) in [6.45, 7) is 2.00. The quantitative estimate of drug-likeness (QED) is 0.794. The number of nitrogens with one attached hydrogen (secondary N) is 1. The number of nitrogens with two attached hydrogens (primary N) is 1. The first kappa shape index (κ1) is 14.2. The average Bonchev–Trinajstić information content (AvgIpc) is 2.89. The number of aryl methyl sites for hydroxylation is 1. The zero-order chi connectivity index (χ0) is 14.4. The summed E-state index contributed by atoms with van der Waals surface area (Å²) in [6, 6.07) is 11.3. The molecule has 0 aliphatic rings. The number of rotatable bonds is 6. The van der Waals surface area contributed by atoms with Crippen LogP contribution in [0.2, 0.25) is 0 Å². The largest absolute Gasteiger partial charge is 0.469 e. The molecule has 1 aromatic heterocycles. The Balaban J connectivity index is 1.76. The van der Waals surface area contributed by atoms with Gasteiger partial charge in [-0.05, 0) is 43.2 Å². The lowest BCUT2D eigenvalue weighted by molar-refractivity contribution is -0.121. The molecule has 20 heavy (non-hydrogen) atoms. The van der Waals surface area contributed by atoms with Crippen LogP contribution in [0.15, 0.2) is 47.1 Å². The van der Waals surface area contributed by atoms with E-state index >= 15 is 0 Å². The molecule has 0 saturated carbocycles. The van der Waals surface area contributed by atoms with Crippen molar-refractivity contribution < 1.29 is 9.21 Å². The Hall–Kier alpha value is -2.23. The summed E-state index contributed by atoms with van der Waals surface area (Å²) in [5.74, 6) is 0.962. The molecule has 0 radical (unpaired) electrons. The molecule has 1 aromatic carbocycles. The van der Waals surface area contributed by atoms with Gasteiger partial charge in [0, 0.05) is 18.2 Å². The van der Waals surface area contributed by atoms with Crippen molar-refractivity contribution in [1.29, 1.82) is 0 Å². The average molecular weight is 272 g/mol. The Morgan fingerprint density at radius 2 is 2.20 bits per heavy atom. The van der Waals surface area contributed by atoms with E-state index < -0.39 is 0 Å². The molecule has 0 saturated heterocycles. The molecule has 0 spiro atoms. The number of hydrogen-bond acceptors (Lipinski definition) is 3. The van der Waals surface area contributed by atoms with Gasteiger partial charge >= 0.3 is 0 Å². The molecule has 4 nitrogen and oxygen atoms in total. The van der Waals surface area contributed by atoms with E-state index in [0.29, 0.717) is 12.1 Å². The van der Waals surface area contributed by atoms with Gasteiger partial charge in [0.15, 0.2) is 0 Å². The molecule has 1 atom stereocenters. The number of anilines is 1. The van der Waals surface area contributed by atoms with Gasteiger partial charge in [-0.15, -0.1) is 0 Å². The number of benzene rings is 1.